The third kappa shape index (κ3) is 2.44. The van der Waals surface area contributed by atoms with Gasteiger partial charge < -0.3 is 4.42 Å². The molecule has 84 valence electrons. The van der Waals surface area contributed by atoms with Crippen LogP contribution in [0, 0.1) is 13.8 Å². The molecule has 2 rings (SSSR count). The van der Waals surface area contributed by atoms with Crippen molar-refractivity contribution in [2.75, 3.05) is 0 Å². The molecule has 2 aromatic rings. The molecular weight excluding hydrogens is 288 g/mol. The number of ketones is 1. The predicted octanol–water partition coefficient (Wildman–Crippen LogP) is 4.15. The van der Waals surface area contributed by atoms with E-state index in [4.69, 9.17) is 4.42 Å². The molecule has 4 heteroatoms. The van der Waals surface area contributed by atoms with Gasteiger partial charge in [-0.25, -0.2) is 0 Å². The largest absolute Gasteiger partial charge is 0.466 e. The molecule has 0 amide bonds. The Morgan fingerprint density at radius 2 is 2.19 bits per heavy atom. The Labute approximate surface area is 106 Å². The molecule has 2 nitrogen and oxygen atoms in total. The molecular formula is C12H11BrO2S. The first-order chi connectivity index (χ1) is 7.56. The summed E-state index contributed by atoms with van der Waals surface area (Å²) in [6.07, 6.45) is 0.441. The van der Waals surface area contributed by atoms with Crippen molar-refractivity contribution in [3.63, 3.8) is 0 Å². The lowest BCUT2D eigenvalue weighted by Crippen LogP contribution is -2.02. The number of hydrogen-bond donors (Lipinski definition) is 0. The van der Waals surface area contributed by atoms with Crippen LogP contribution in [0.1, 0.15) is 26.8 Å². The SMILES string of the molecule is Cc1cc(C(=O)Cc2ccc(Br)s2)c(C)o1. The van der Waals surface area contributed by atoms with Gasteiger partial charge in [-0.3, -0.25) is 4.79 Å². The van der Waals surface area contributed by atoms with Crippen LogP contribution >= 0.6 is 27.3 Å². The summed E-state index contributed by atoms with van der Waals surface area (Å²) in [7, 11) is 0. The van der Waals surface area contributed by atoms with Crippen molar-refractivity contribution in [1.82, 2.24) is 0 Å². The van der Waals surface area contributed by atoms with Gasteiger partial charge in [-0.2, -0.15) is 0 Å². The highest BCUT2D eigenvalue weighted by molar-refractivity contribution is 9.11. The van der Waals surface area contributed by atoms with Gasteiger partial charge in [0.15, 0.2) is 5.78 Å². The lowest BCUT2D eigenvalue weighted by Gasteiger charge is -1.96. The number of Topliss-reactive ketones (excluding diaryl/α,β-unsaturated/α-hetero) is 1. The first-order valence-electron chi connectivity index (χ1n) is 4.90. The summed E-state index contributed by atoms with van der Waals surface area (Å²) >= 11 is 4.97. The smallest absolute Gasteiger partial charge is 0.171 e. The molecule has 0 aromatic carbocycles. The van der Waals surface area contributed by atoms with Crippen LogP contribution in [-0.4, -0.2) is 5.78 Å². The van der Waals surface area contributed by atoms with Gasteiger partial charge in [-0.15, -0.1) is 11.3 Å². The summed E-state index contributed by atoms with van der Waals surface area (Å²) in [5.41, 5.74) is 0.696. The van der Waals surface area contributed by atoms with Gasteiger partial charge in [0.2, 0.25) is 0 Å². The van der Waals surface area contributed by atoms with Crippen molar-refractivity contribution in [1.29, 1.82) is 0 Å². The molecule has 0 spiro atoms. The number of furan rings is 1. The topological polar surface area (TPSA) is 30.2 Å². The number of thiophene rings is 1. The second-order valence-electron chi connectivity index (χ2n) is 3.63. The summed E-state index contributed by atoms with van der Waals surface area (Å²) in [6, 6.07) is 5.73. The fourth-order valence-corrected chi connectivity index (χ4v) is 3.09. The van der Waals surface area contributed by atoms with Gasteiger partial charge in [0.05, 0.1) is 9.35 Å². The van der Waals surface area contributed by atoms with E-state index in [1.54, 1.807) is 17.4 Å². The quantitative estimate of drug-likeness (QED) is 0.797. The fraction of sp³-hybridized carbons (Fsp3) is 0.250. The molecule has 0 fully saturated rings. The lowest BCUT2D eigenvalue weighted by molar-refractivity contribution is 0.0992. The fourth-order valence-electron chi connectivity index (χ4n) is 1.61. The van der Waals surface area contributed by atoms with E-state index in [1.807, 2.05) is 26.0 Å². The van der Waals surface area contributed by atoms with Gasteiger partial charge in [0, 0.05) is 11.3 Å². The van der Waals surface area contributed by atoms with E-state index >= 15 is 0 Å². The van der Waals surface area contributed by atoms with Crippen LogP contribution in [0.15, 0.2) is 26.4 Å². The highest BCUT2D eigenvalue weighted by Gasteiger charge is 2.14. The zero-order chi connectivity index (χ0) is 11.7. The van der Waals surface area contributed by atoms with Gasteiger partial charge in [-0.1, -0.05) is 0 Å². The van der Waals surface area contributed by atoms with Gasteiger partial charge in [-0.05, 0) is 48.0 Å². The van der Waals surface area contributed by atoms with Gasteiger partial charge in [0.1, 0.15) is 11.5 Å². The Morgan fingerprint density at radius 1 is 1.44 bits per heavy atom. The van der Waals surface area contributed by atoms with Crippen LogP contribution in [0.2, 0.25) is 0 Å². The Kier molecular flexibility index (Phi) is 3.30. The maximum absolute atomic E-state index is 12.0. The molecule has 0 aliphatic rings. The number of carbonyl (C=O) groups excluding carboxylic acids is 1. The monoisotopic (exact) mass is 298 g/mol. The predicted molar refractivity (Wildman–Crippen MR) is 68.2 cm³/mol. The summed E-state index contributed by atoms with van der Waals surface area (Å²) < 4.78 is 6.40. The Hall–Kier alpha value is -0.870. The van der Waals surface area contributed by atoms with Gasteiger partial charge in [0.25, 0.3) is 0 Å². The third-order valence-corrected chi connectivity index (χ3v) is 3.93. The van der Waals surface area contributed by atoms with E-state index in [-0.39, 0.29) is 5.78 Å². The van der Waals surface area contributed by atoms with Crippen LogP contribution < -0.4 is 0 Å². The van der Waals surface area contributed by atoms with Crippen molar-refractivity contribution < 1.29 is 9.21 Å². The summed E-state index contributed by atoms with van der Waals surface area (Å²) in [6.45, 7) is 3.68. The number of hydrogen-bond acceptors (Lipinski definition) is 3. The number of halogens is 1. The van der Waals surface area contributed by atoms with E-state index in [0.717, 1.165) is 14.4 Å². The van der Waals surface area contributed by atoms with E-state index in [2.05, 4.69) is 15.9 Å². The molecule has 0 unspecified atom stereocenters. The standard InChI is InChI=1S/C12H11BrO2S/c1-7-5-10(8(2)15-7)11(14)6-9-3-4-12(13)16-9/h3-5H,6H2,1-2H3. The van der Waals surface area contributed by atoms with E-state index in [1.165, 1.54) is 0 Å². The van der Waals surface area contributed by atoms with Crippen LogP contribution in [0.4, 0.5) is 0 Å². The van der Waals surface area contributed by atoms with Gasteiger partial charge >= 0.3 is 0 Å². The van der Waals surface area contributed by atoms with Crippen LogP contribution in [0.3, 0.4) is 0 Å². The highest BCUT2D eigenvalue weighted by atomic mass is 79.9. The van der Waals surface area contributed by atoms with Crippen molar-refractivity contribution in [3.05, 3.63) is 43.9 Å². The Balaban J connectivity index is 2.17. The van der Waals surface area contributed by atoms with E-state index in [9.17, 15) is 4.79 Å². The van der Waals surface area contributed by atoms with Crippen LogP contribution in [-0.2, 0) is 6.42 Å². The number of aryl methyl sites for hydroxylation is 2. The van der Waals surface area contributed by atoms with Crippen molar-refractivity contribution in [2.45, 2.75) is 20.3 Å². The average Bonchev–Trinajstić information content (AvgIpc) is 2.73. The minimum atomic E-state index is 0.115. The Morgan fingerprint density at radius 3 is 2.69 bits per heavy atom. The average molecular weight is 299 g/mol. The molecule has 2 aromatic heterocycles. The maximum atomic E-state index is 12.0. The van der Waals surface area contributed by atoms with E-state index < -0.39 is 0 Å². The summed E-state index contributed by atoms with van der Waals surface area (Å²) in [5.74, 6) is 1.61. The molecule has 0 radical (unpaired) electrons. The Bertz CT molecular complexity index is 525. The maximum Gasteiger partial charge on any atom is 0.171 e. The molecule has 0 aliphatic carbocycles. The van der Waals surface area contributed by atoms with E-state index in [0.29, 0.717) is 17.7 Å². The zero-order valence-corrected chi connectivity index (χ0v) is 11.4. The first-order valence-corrected chi connectivity index (χ1v) is 6.51. The van der Waals surface area contributed by atoms with Crippen LogP contribution in [0.5, 0.6) is 0 Å². The molecule has 0 aliphatic heterocycles. The van der Waals surface area contributed by atoms with Crippen LogP contribution in [0.25, 0.3) is 0 Å². The minimum Gasteiger partial charge on any atom is -0.466 e. The van der Waals surface area contributed by atoms with Crippen molar-refractivity contribution >= 4 is 33.0 Å². The highest BCUT2D eigenvalue weighted by Crippen LogP contribution is 2.24. The minimum absolute atomic E-state index is 0.115. The molecule has 16 heavy (non-hydrogen) atoms. The first kappa shape index (κ1) is 11.6. The van der Waals surface area contributed by atoms with Crippen molar-refractivity contribution in [3.8, 4) is 0 Å². The lowest BCUT2D eigenvalue weighted by atomic mass is 10.1. The normalized spacial score (nSPS) is 10.7. The summed E-state index contributed by atoms with van der Waals surface area (Å²) in [5, 5.41) is 0. The molecule has 0 N–H and O–H groups in total. The third-order valence-electron chi connectivity index (χ3n) is 2.31. The molecule has 0 bridgehead atoms. The second-order valence-corrected chi connectivity index (χ2v) is 6.18. The molecule has 2 heterocycles. The molecule has 0 saturated carbocycles. The zero-order valence-electron chi connectivity index (χ0n) is 9.04. The molecule has 0 saturated heterocycles. The number of carbonyl (C=O) groups is 1. The van der Waals surface area contributed by atoms with Crippen molar-refractivity contribution in [2.24, 2.45) is 0 Å². The summed E-state index contributed by atoms with van der Waals surface area (Å²) in [4.78, 5) is 13.1. The number of rotatable bonds is 3. The molecule has 0 atom stereocenters. The second kappa shape index (κ2) is 4.55.